The van der Waals surface area contributed by atoms with Crippen LogP contribution >= 0.6 is 12.2 Å². The van der Waals surface area contributed by atoms with Gasteiger partial charge in [0.05, 0.1) is 6.61 Å². The normalized spacial score (nSPS) is 10.1. The third-order valence-electron chi connectivity index (χ3n) is 1.71. The summed E-state index contributed by atoms with van der Waals surface area (Å²) in [5.74, 6) is 1.39. The van der Waals surface area contributed by atoms with Crippen molar-refractivity contribution in [2.45, 2.75) is 13.8 Å². The van der Waals surface area contributed by atoms with E-state index >= 15 is 0 Å². The van der Waals surface area contributed by atoms with Crippen molar-refractivity contribution in [3.63, 3.8) is 0 Å². The maximum absolute atomic E-state index is 5.54. The first-order chi connectivity index (χ1) is 7.08. The Kier molecular flexibility index (Phi) is 4.37. The Morgan fingerprint density at radius 3 is 2.47 bits per heavy atom. The first-order valence-electron chi connectivity index (χ1n) is 4.87. The summed E-state index contributed by atoms with van der Waals surface area (Å²) in [7, 11) is 0. The van der Waals surface area contributed by atoms with Gasteiger partial charge in [-0.05, 0) is 42.4 Å². The molecule has 0 aliphatic heterocycles. The molecule has 0 aromatic heterocycles. The first kappa shape index (κ1) is 11.8. The first-order valence-corrected chi connectivity index (χ1v) is 5.28. The minimum atomic E-state index is 0.269. The second kappa shape index (κ2) is 5.56. The zero-order valence-electron chi connectivity index (χ0n) is 8.99. The molecule has 0 amide bonds. The molecule has 1 rings (SSSR count). The quantitative estimate of drug-likeness (QED) is 0.771. The van der Waals surface area contributed by atoms with E-state index < -0.39 is 0 Å². The molecular weight excluding hydrogens is 208 g/mol. The molecule has 0 heterocycles. The summed E-state index contributed by atoms with van der Waals surface area (Å²) in [5, 5.41) is 3.12. The zero-order valence-corrected chi connectivity index (χ0v) is 9.80. The van der Waals surface area contributed by atoms with E-state index in [1.54, 1.807) is 0 Å². The molecular formula is C11H16N2OS. The molecule has 0 aliphatic carbocycles. The van der Waals surface area contributed by atoms with Crippen molar-refractivity contribution in [1.82, 2.24) is 0 Å². The Bertz CT molecular complexity index is 322. The molecule has 0 radical (unpaired) electrons. The summed E-state index contributed by atoms with van der Waals surface area (Å²) in [6, 6.07) is 7.55. The molecule has 15 heavy (non-hydrogen) atoms. The fourth-order valence-corrected chi connectivity index (χ4v) is 1.16. The van der Waals surface area contributed by atoms with E-state index in [0.29, 0.717) is 5.92 Å². The van der Waals surface area contributed by atoms with E-state index in [1.165, 1.54) is 0 Å². The maximum Gasteiger partial charge on any atom is 0.168 e. The molecule has 0 atom stereocenters. The summed E-state index contributed by atoms with van der Waals surface area (Å²) in [5.41, 5.74) is 6.22. The van der Waals surface area contributed by atoms with Gasteiger partial charge in [0.25, 0.3) is 0 Å². The van der Waals surface area contributed by atoms with Crippen molar-refractivity contribution in [3.8, 4) is 5.75 Å². The van der Waals surface area contributed by atoms with E-state index in [-0.39, 0.29) is 5.11 Å². The van der Waals surface area contributed by atoms with E-state index in [9.17, 15) is 0 Å². The number of ether oxygens (including phenoxy) is 1. The van der Waals surface area contributed by atoms with Gasteiger partial charge in [0, 0.05) is 5.69 Å². The average molecular weight is 224 g/mol. The highest BCUT2D eigenvalue weighted by Crippen LogP contribution is 2.16. The van der Waals surface area contributed by atoms with Gasteiger partial charge < -0.3 is 15.8 Å². The van der Waals surface area contributed by atoms with Crippen LogP contribution in [-0.2, 0) is 0 Å². The highest BCUT2D eigenvalue weighted by molar-refractivity contribution is 7.80. The van der Waals surface area contributed by atoms with Crippen molar-refractivity contribution in [2.24, 2.45) is 11.7 Å². The van der Waals surface area contributed by atoms with Crippen molar-refractivity contribution >= 4 is 23.0 Å². The smallest absolute Gasteiger partial charge is 0.168 e. The van der Waals surface area contributed by atoms with Gasteiger partial charge in [-0.2, -0.15) is 0 Å². The Morgan fingerprint density at radius 1 is 1.40 bits per heavy atom. The predicted molar refractivity (Wildman–Crippen MR) is 67.2 cm³/mol. The summed E-state index contributed by atoms with van der Waals surface area (Å²) in [6.07, 6.45) is 0. The van der Waals surface area contributed by atoms with Crippen molar-refractivity contribution < 1.29 is 4.74 Å². The summed E-state index contributed by atoms with van der Waals surface area (Å²) in [4.78, 5) is 0. The standard InChI is InChI=1S/C11H16N2OS/c1-8(2)7-14-10-5-3-9(4-6-10)13-11(12)15/h3-6,8H,7H2,1-2H3,(H3,12,13,15). The van der Waals surface area contributed by atoms with Crippen LogP contribution in [0.5, 0.6) is 5.75 Å². The van der Waals surface area contributed by atoms with Gasteiger partial charge in [-0.15, -0.1) is 0 Å². The minimum absolute atomic E-state index is 0.269. The number of hydrogen-bond acceptors (Lipinski definition) is 2. The summed E-state index contributed by atoms with van der Waals surface area (Å²) in [6.45, 7) is 4.95. The van der Waals surface area contributed by atoms with Gasteiger partial charge >= 0.3 is 0 Å². The van der Waals surface area contributed by atoms with Gasteiger partial charge in [0.1, 0.15) is 5.75 Å². The third kappa shape index (κ3) is 4.65. The zero-order chi connectivity index (χ0) is 11.3. The molecule has 82 valence electrons. The van der Waals surface area contributed by atoms with Crippen LogP contribution < -0.4 is 15.8 Å². The van der Waals surface area contributed by atoms with E-state index in [2.05, 4.69) is 19.2 Å². The number of hydrogen-bond donors (Lipinski definition) is 2. The van der Waals surface area contributed by atoms with Crippen LogP contribution in [0.25, 0.3) is 0 Å². The molecule has 0 fully saturated rings. The molecule has 0 spiro atoms. The van der Waals surface area contributed by atoms with E-state index in [1.807, 2.05) is 24.3 Å². The number of rotatable bonds is 4. The van der Waals surface area contributed by atoms with Crippen molar-refractivity contribution in [2.75, 3.05) is 11.9 Å². The number of thiocarbonyl (C=S) groups is 1. The van der Waals surface area contributed by atoms with Gasteiger partial charge in [0.2, 0.25) is 0 Å². The molecule has 0 bridgehead atoms. The molecule has 0 saturated carbocycles. The molecule has 1 aromatic carbocycles. The van der Waals surface area contributed by atoms with Crippen LogP contribution in [0.4, 0.5) is 5.69 Å². The van der Waals surface area contributed by atoms with E-state index in [4.69, 9.17) is 22.7 Å². The van der Waals surface area contributed by atoms with Crippen LogP contribution in [0.1, 0.15) is 13.8 Å². The molecule has 0 saturated heterocycles. The second-order valence-corrected chi connectivity index (χ2v) is 4.16. The number of nitrogens with one attached hydrogen (secondary N) is 1. The number of nitrogens with two attached hydrogens (primary N) is 1. The molecule has 4 heteroatoms. The number of benzene rings is 1. The fraction of sp³-hybridized carbons (Fsp3) is 0.364. The molecule has 1 aromatic rings. The van der Waals surface area contributed by atoms with Gasteiger partial charge in [-0.3, -0.25) is 0 Å². The lowest BCUT2D eigenvalue weighted by molar-refractivity contribution is 0.271. The average Bonchev–Trinajstić information content (AvgIpc) is 2.16. The molecule has 3 N–H and O–H groups in total. The SMILES string of the molecule is CC(C)COc1ccc(NC(N)=S)cc1. The number of anilines is 1. The largest absolute Gasteiger partial charge is 0.493 e. The fourth-order valence-electron chi connectivity index (χ4n) is 1.04. The third-order valence-corrected chi connectivity index (χ3v) is 1.81. The van der Waals surface area contributed by atoms with Crippen LogP contribution in [0.3, 0.4) is 0 Å². The Hall–Kier alpha value is -1.29. The van der Waals surface area contributed by atoms with Gasteiger partial charge in [0.15, 0.2) is 5.11 Å². The maximum atomic E-state index is 5.54. The van der Waals surface area contributed by atoms with Crippen molar-refractivity contribution in [1.29, 1.82) is 0 Å². The van der Waals surface area contributed by atoms with Crippen molar-refractivity contribution in [3.05, 3.63) is 24.3 Å². The molecule has 3 nitrogen and oxygen atoms in total. The van der Waals surface area contributed by atoms with Crippen LogP contribution in [0, 0.1) is 5.92 Å². The summed E-state index contributed by atoms with van der Waals surface area (Å²) >= 11 is 4.73. The Labute approximate surface area is 95.6 Å². The topological polar surface area (TPSA) is 47.3 Å². The highest BCUT2D eigenvalue weighted by atomic mass is 32.1. The monoisotopic (exact) mass is 224 g/mol. The molecule has 0 unspecified atom stereocenters. The lowest BCUT2D eigenvalue weighted by atomic mass is 10.2. The summed E-state index contributed by atoms with van der Waals surface area (Å²) < 4.78 is 5.54. The van der Waals surface area contributed by atoms with Gasteiger partial charge in [-0.25, -0.2) is 0 Å². The van der Waals surface area contributed by atoms with Crippen LogP contribution in [0.2, 0.25) is 0 Å². The minimum Gasteiger partial charge on any atom is -0.493 e. The predicted octanol–water partition coefficient (Wildman–Crippen LogP) is 2.38. The lowest BCUT2D eigenvalue weighted by Crippen LogP contribution is -2.18. The lowest BCUT2D eigenvalue weighted by Gasteiger charge is -2.09. The Morgan fingerprint density at radius 2 is 2.00 bits per heavy atom. The second-order valence-electron chi connectivity index (χ2n) is 3.72. The van der Waals surface area contributed by atoms with Crippen LogP contribution in [-0.4, -0.2) is 11.7 Å². The Balaban J connectivity index is 2.52. The van der Waals surface area contributed by atoms with Gasteiger partial charge in [-0.1, -0.05) is 13.8 Å². The highest BCUT2D eigenvalue weighted by Gasteiger charge is 1.97. The molecule has 0 aliphatic rings. The van der Waals surface area contributed by atoms with Crippen LogP contribution in [0.15, 0.2) is 24.3 Å². The van der Waals surface area contributed by atoms with E-state index in [0.717, 1.165) is 18.0 Å².